The monoisotopic (exact) mass is 263 g/mol. The fourth-order valence-electron chi connectivity index (χ4n) is 2.70. The SMILES string of the molecule is O=c1[nH]nc2cc(NCC3(CO)CCCC3)ncn12. The van der Waals surface area contributed by atoms with E-state index in [0.29, 0.717) is 18.0 Å². The predicted molar refractivity (Wildman–Crippen MR) is 70.1 cm³/mol. The van der Waals surface area contributed by atoms with Crippen LogP contribution in [-0.2, 0) is 0 Å². The van der Waals surface area contributed by atoms with Crippen LogP contribution in [0.25, 0.3) is 5.65 Å². The molecule has 3 rings (SSSR count). The zero-order valence-electron chi connectivity index (χ0n) is 10.6. The van der Waals surface area contributed by atoms with Gasteiger partial charge in [0, 0.05) is 18.0 Å². The molecule has 19 heavy (non-hydrogen) atoms. The number of fused-ring (bicyclic) bond motifs is 1. The van der Waals surface area contributed by atoms with Gasteiger partial charge in [-0.25, -0.2) is 19.3 Å². The van der Waals surface area contributed by atoms with E-state index < -0.39 is 0 Å². The Bertz CT molecular complexity index is 626. The first-order chi connectivity index (χ1) is 9.22. The van der Waals surface area contributed by atoms with E-state index in [9.17, 15) is 9.90 Å². The van der Waals surface area contributed by atoms with Crippen LogP contribution in [0.2, 0.25) is 0 Å². The fourth-order valence-corrected chi connectivity index (χ4v) is 2.70. The van der Waals surface area contributed by atoms with E-state index >= 15 is 0 Å². The van der Waals surface area contributed by atoms with Crippen molar-refractivity contribution in [2.45, 2.75) is 25.7 Å². The van der Waals surface area contributed by atoms with Gasteiger partial charge in [-0.2, -0.15) is 5.10 Å². The van der Waals surface area contributed by atoms with E-state index in [1.807, 2.05) is 0 Å². The number of hydrogen-bond donors (Lipinski definition) is 3. The molecule has 0 aliphatic heterocycles. The van der Waals surface area contributed by atoms with Crippen LogP contribution in [0.4, 0.5) is 5.82 Å². The summed E-state index contributed by atoms with van der Waals surface area (Å²) in [5.74, 6) is 0.672. The third kappa shape index (κ3) is 2.21. The van der Waals surface area contributed by atoms with Crippen molar-refractivity contribution in [1.29, 1.82) is 0 Å². The minimum atomic E-state index is -0.295. The van der Waals surface area contributed by atoms with Crippen LogP contribution in [-0.4, -0.2) is 37.8 Å². The minimum absolute atomic E-state index is 0.0287. The Balaban J connectivity index is 1.76. The quantitative estimate of drug-likeness (QED) is 0.741. The second-order valence-corrected chi connectivity index (χ2v) is 5.25. The van der Waals surface area contributed by atoms with Gasteiger partial charge in [0.05, 0.1) is 6.61 Å². The number of anilines is 1. The van der Waals surface area contributed by atoms with E-state index in [4.69, 9.17) is 0 Å². The number of rotatable bonds is 4. The molecule has 2 heterocycles. The maximum atomic E-state index is 11.3. The molecule has 2 aromatic heterocycles. The van der Waals surface area contributed by atoms with E-state index in [2.05, 4.69) is 20.5 Å². The third-order valence-corrected chi connectivity index (χ3v) is 3.95. The molecule has 1 saturated carbocycles. The lowest BCUT2D eigenvalue weighted by Crippen LogP contribution is -2.30. The van der Waals surface area contributed by atoms with E-state index in [1.165, 1.54) is 23.6 Å². The minimum Gasteiger partial charge on any atom is -0.396 e. The summed E-state index contributed by atoms with van der Waals surface area (Å²) in [5, 5.41) is 19.0. The van der Waals surface area contributed by atoms with Crippen LogP contribution in [0.5, 0.6) is 0 Å². The summed E-state index contributed by atoms with van der Waals surface area (Å²) in [5.41, 5.74) is 0.211. The Kier molecular flexibility index (Phi) is 2.98. The Morgan fingerprint density at radius 2 is 2.26 bits per heavy atom. The predicted octanol–water partition coefficient (Wildman–Crippen LogP) is 0.382. The highest BCUT2D eigenvalue weighted by molar-refractivity contribution is 5.48. The van der Waals surface area contributed by atoms with Crippen molar-refractivity contribution in [1.82, 2.24) is 19.6 Å². The molecule has 0 amide bonds. The van der Waals surface area contributed by atoms with Crippen LogP contribution < -0.4 is 11.0 Å². The highest BCUT2D eigenvalue weighted by atomic mass is 16.3. The van der Waals surface area contributed by atoms with Gasteiger partial charge in [-0.1, -0.05) is 12.8 Å². The lowest BCUT2D eigenvalue weighted by Gasteiger charge is -2.26. The van der Waals surface area contributed by atoms with E-state index in [1.54, 1.807) is 6.07 Å². The standard InChI is InChI=1S/C12H17N5O2/c18-7-12(3-1-2-4-12)6-13-9-5-10-15-16-11(19)17(10)8-14-9/h5,8,13,18H,1-4,6-7H2,(H,16,19). The van der Waals surface area contributed by atoms with Crippen molar-refractivity contribution in [2.24, 2.45) is 5.41 Å². The molecule has 1 aliphatic carbocycles. The van der Waals surface area contributed by atoms with E-state index in [0.717, 1.165) is 12.8 Å². The summed E-state index contributed by atoms with van der Waals surface area (Å²) in [6, 6.07) is 1.72. The van der Waals surface area contributed by atoms with Crippen molar-refractivity contribution in [2.75, 3.05) is 18.5 Å². The topological polar surface area (TPSA) is 95.3 Å². The zero-order chi connectivity index (χ0) is 13.3. The summed E-state index contributed by atoms with van der Waals surface area (Å²) in [4.78, 5) is 15.5. The van der Waals surface area contributed by atoms with Gasteiger partial charge in [-0.3, -0.25) is 0 Å². The molecule has 102 valence electrons. The Labute approximate surface area is 109 Å². The van der Waals surface area contributed by atoms with Gasteiger partial charge in [0.25, 0.3) is 0 Å². The number of aliphatic hydroxyl groups is 1. The van der Waals surface area contributed by atoms with Gasteiger partial charge in [0.2, 0.25) is 0 Å². The molecular weight excluding hydrogens is 246 g/mol. The van der Waals surface area contributed by atoms with Gasteiger partial charge >= 0.3 is 5.69 Å². The normalized spacial score (nSPS) is 17.9. The number of aliphatic hydroxyl groups excluding tert-OH is 1. The summed E-state index contributed by atoms with van der Waals surface area (Å²) in [6.45, 7) is 0.894. The van der Waals surface area contributed by atoms with Crippen LogP contribution in [0, 0.1) is 5.41 Å². The summed E-state index contributed by atoms with van der Waals surface area (Å²) >= 11 is 0. The van der Waals surface area contributed by atoms with Gasteiger partial charge in [-0.15, -0.1) is 0 Å². The molecule has 7 heteroatoms. The molecular formula is C12H17N5O2. The lowest BCUT2D eigenvalue weighted by atomic mass is 9.87. The molecule has 0 radical (unpaired) electrons. The number of aromatic amines is 1. The van der Waals surface area contributed by atoms with E-state index in [-0.39, 0.29) is 17.7 Å². The van der Waals surface area contributed by atoms with Crippen molar-refractivity contribution >= 4 is 11.5 Å². The fraction of sp³-hybridized carbons (Fsp3) is 0.583. The largest absolute Gasteiger partial charge is 0.396 e. The first-order valence-corrected chi connectivity index (χ1v) is 6.50. The van der Waals surface area contributed by atoms with Crippen molar-refractivity contribution < 1.29 is 5.11 Å². The molecule has 1 fully saturated rings. The number of aromatic nitrogens is 4. The molecule has 0 aromatic carbocycles. The van der Waals surface area contributed by atoms with Crippen LogP contribution in [0.1, 0.15) is 25.7 Å². The molecule has 0 atom stereocenters. The van der Waals surface area contributed by atoms with Gasteiger partial charge < -0.3 is 10.4 Å². The molecule has 0 bridgehead atoms. The molecule has 0 saturated heterocycles. The molecule has 2 aromatic rings. The maximum Gasteiger partial charge on any atom is 0.348 e. The first kappa shape index (κ1) is 12.2. The van der Waals surface area contributed by atoms with Gasteiger partial charge in [0.15, 0.2) is 5.65 Å². The van der Waals surface area contributed by atoms with Gasteiger partial charge in [0.1, 0.15) is 12.1 Å². The second kappa shape index (κ2) is 4.65. The Morgan fingerprint density at radius 1 is 1.47 bits per heavy atom. The Morgan fingerprint density at radius 3 is 3.00 bits per heavy atom. The number of hydrogen-bond acceptors (Lipinski definition) is 5. The highest BCUT2D eigenvalue weighted by Gasteiger charge is 2.32. The van der Waals surface area contributed by atoms with Crippen molar-refractivity contribution in [3.05, 3.63) is 22.9 Å². The summed E-state index contributed by atoms with van der Waals surface area (Å²) in [6.07, 6.45) is 5.87. The average Bonchev–Trinajstić information content (AvgIpc) is 3.05. The molecule has 3 N–H and O–H groups in total. The molecule has 0 spiro atoms. The third-order valence-electron chi connectivity index (χ3n) is 3.95. The maximum absolute atomic E-state index is 11.3. The summed E-state index contributed by atoms with van der Waals surface area (Å²) < 4.78 is 1.35. The number of H-pyrrole nitrogens is 1. The van der Waals surface area contributed by atoms with Crippen molar-refractivity contribution in [3.8, 4) is 0 Å². The molecule has 1 aliphatic rings. The smallest absolute Gasteiger partial charge is 0.348 e. The number of nitrogens with one attached hydrogen (secondary N) is 2. The molecule has 7 nitrogen and oxygen atoms in total. The van der Waals surface area contributed by atoms with Crippen LogP contribution >= 0.6 is 0 Å². The van der Waals surface area contributed by atoms with Crippen LogP contribution in [0.3, 0.4) is 0 Å². The summed E-state index contributed by atoms with van der Waals surface area (Å²) in [7, 11) is 0. The highest BCUT2D eigenvalue weighted by Crippen LogP contribution is 2.37. The van der Waals surface area contributed by atoms with Crippen molar-refractivity contribution in [3.63, 3.8) is 0 Å². The average molecular weight is 263 g/mol. The van der Waals surface area contributed by atoms with Crippen LogP contribution in [0.15, 0.2) is 17.2 Å². The molecule has 0 unspecified atom stereocenters. The second-order valence-electron chi connectivity index (χ2n) is 5.25. The number of nitrogens with zero attached hydrogens (tertiary/aromatic N) is 3. The van der Waals surface area contributed by atoms with Gasteiger partial charge in [-0.05, 0) is 12.8 Å². The Hall–Kier alpha value is -1.89. The lowest BCUT2D eigenvalue weighted by molar-refractivity contribution is 0.142. The zero-order valence-corrected chi connectivity index (χ0v) is 10.6. The first-order valence-electron chi connectivity index (χ1n) is 6.50.